The van der Waals surface area contributed by atoms with Gasteiger partial charge in [-0.1, -0.05) is 0 Å². The van der Waals surface area contributed by atoms with Crippen LogP contribution in [0.4, 0.5) is 0 Å². The second-order valence-corrected chi connectivity index (χ2v) is 7.91. The zero-order valence-electron chi connectivity index (χ0n) is 16.5. The van der Waals surface area contributed by atoms with E-state index in [1.165, 1.54) is 23.5 Å². The van der Waals surface area contributed by atoms with Crippen molar-refractivity contribution in [2.24, 2.45) is 0 Å². The molecule has 0 radical (unpaired) electrons. The van der Waals surface area contributed by atoms with Crippen LogP contribution in [0.5, 0.6) is 17.2 Å². The Morgan fingerprint density at radius 3 is 1.93 bits per heavy atom. The maximum Gasteiger partial charge on any atom is 0.242 e. The Balaban J connectivity index is 1.86. The number of ether oxygens (including phenoxy) is 4. The summed E-state index contributed by atoms with van der Waals surface area (Å²) in [6, 6.07) is 13.5. The van der Waals surface area contributed by atoms with Crippen molar-refractivity contribution in [1.82, 2.24) is 4.31 Å². The molecule has 0 spiro atoms. The summed E-state index contributed by atoms with van der Waals surface area (Å²) in [5, 5.41) is 0. The first kappa shape index (κ1) is 22.0. The number of hydrogen-bond acceptors (Lipinski definition) is 6. The minimum atomic E-state index is -3.60. The summed E-state index contributed by atoms with van der Waals surface area (Å²) in [4.78, 5) is 0.205. The van der Waals surface area contributed by atoms with Crippen molar-refractivity contribution in [3.63, 3.8) is 0 Å². The predicted octanol–water partition coefficient (Wildman–Crippen LogP) is 2.81. The van der Waals surface area contributed by atoms with Crippen LogP contribution in [-0.2, 0) is 14.8 Å². The van der Waals surface area contributed by atoms with Crippen molar-refractivity contribution in [2.75, 3.05) is 47.1 Å². The minimum Gasteiger partial charge on any atom is -0.497 e. The van der Waals surface area contributed by atoms with E-state index < -0.39 is 10.0 Å². The van der Waals surface area contributed by atoms with Crippen molar-refractivity contribution >= 4 is 10.0 Å². The third-order valence-electron chi connectivity index (χ3n) is 3.97. The second-order valence-electron chi connectivity index (χ2n) is 5.87. The molecule has 0 unspecified atom stereocenters. The molecule has 154 valence electrons. The lowest BCUT2D eigenvalue weighted by Gasteiger charge is -2.18. The molecule has 28 heavy (non-hydrogen) atoms. The second kappa shape index (κ2) is 10.9. The number of likely N-dealkylation sites (N-methyl/N-ethyl adjacent to an activating group) is 1. The average Bonchev–Trinajstić information content (AvgIpc) is 2.72. The molecule has 0 bridgehead atoms. The van der Waals surface area contributed by atoms with Gasteiger partial charge in [-0.2, -0.15) is 4.31 Å². The lowest BCUT2D eigenvalue weighted by Crippen LogP contribution is -2.31. The summed E-state index contributed by atoms with van der Waals surface area (Å²) in [7, 11) is -0.477. The van der Waals surface area contributed by atoms with E-state index in [9.17, 15) is 8.42 Å². The van der Waals surface area contributed by atoms with Crippen LogP contribution in [0.15, 0.2) is 53.4 Å². The molecule has 2 rings (SSSR count). The van der Waals surface area contributed by atoms with Crippen LogP contribution in [0, 0.1) is 0 Å². The number of rotatable bonds is 12. The molecule has 0 aromatic heterocycles. The van der Waals surface area contributed by atoms with E-state index in [0.29, 0.717) is 31.3 Å². The predicted molar refractivity (Wildman–Crippen MR) is 107 cm³/mol. The van der Waals surface area contributed by atoms with Crippen LogP contribution in [0.1, 0.15) is 6.92 Å². The Morgan fingerprint density at radius 1 is 0.821 bits per heavy atom. The van der Waals surface area contributed by atoms with Crippen molar-refractivity contribution in [3.05, 3.63) is 48.5 Å². The highest BCUT2D eigenvalue weighted by Gasteiger charge is 2.20. The molecule has 0 saturated carbocycles. The maximum absolute atomic E-state index is 12.7. The van der Waals surface area contributed by atoms with Gasteiger partial charge in [-0.05, 0) is 55.5 Å². The van der Waals surface area contributed by atoms with Gasteiger partial charge < -0.3 is 18.9 Å². The van der Waals surface area contributed by atoms with Gasteiger partial charge >= 0.3 is 0 Å². The highest BCUT2D eigenvalue weighted by molar-refractivity contribution is 7.89. The molecule has 2 aromatic rings. The molecule has 0 atom stereocenters. The topological polar surface area (TPSA) is 74.3 Å². The van der Waals surface area contributed by atoms with Crippen molar-refractivity contribution in [3.8, 4) is 17.2 Å². The first-order valence-corrected chi connectivity index (χ1v) is 10.4. The number of benzene rings is 2. The molecule has 7 nitrogen and oxygen atoms in total. The monoisotopic (exact) mass is 409 g/mol. The van der Waals surface area contributed by atoms with Gasteiger partial charge in [0.2, 0.25) is 10.0 Å². The minimum absolute atomic E-state index is 0.205. The largest absolute Gasteiger partial charge is 0.497 e. The molecule has 0 N–H and O–H groups in total. The molecule has 0 saturated heterocycles. The SMILES string of the molecule is CCOCCOc1ccc(S(=O)(=O)N(C)CCOc2ccc(OC)cc2)cc1. The lowest BCUT2D eigenvalue weighted by molar-refractivity contribution is 0.110. The van der Waals surface area contributed by atoms with E-state index in [1.54, 1.807) is 43.5 Å². The molecular formula is C20H27NO6S. The molecule has 0 heterocycles. The van der Waals surface area contributed by atoms with Crippen LogP contribution in [-0.4, -0.2) is 59.9 Å². The molecule has 0 amide bonds. The summed E-state index contributed by atoms with van der Waals surface area (Å²) in [5.41, 5.74) is 0. The summed E-state index contributed by atoms with van der Waals surface area (Å²) in [6.07, 6.45) is 0. The van der Waals surface area contributed by atoms with E-state index in [1.807, 2.05) is 6.92 Å². The maximum atomic E-state index is 12.7. The fourth-order valence-electron chi connectivity index (χ4n) is 2.33. The highest BCUT2D eigenvalue weighted by Crippen LogP contribution is 2.20. The van der Waals surface area contributed by atoms with Crippen molar-refractivity contribution < 1.29 is 27.4 Å². The first-order chi connectivity index (χ1) is 13.5. The third-order valence-corrected chi connectivity index (χ3v) is 5.84. The van der Waals surface area contributed by atoms with Crippen molar-refractivity contribution in [1.29, 1.82) is 0 Å². The smallest absolute Gasteiger partial charge is 0.242 e. The first-order valence-electron chi connectivity index (χ1n) is 9.01. The fourth-order valence-corrected chi connectivity index (χ4v) is 3.49. The quantitative estimate of drug-likeness (QED) is 0.502. The Bertz CT molecular complexity index is 806. The zero-order valence-corrected chi connectivity index (χ0v) is 17.3. The van der Waals surface area contributed by atoms with Gasteiger partial charge in [-0.15, -0.1) is 0 Å². The van der Waals surface area contributed by atoms with Crippen LogP contribution >= 0.6 is 0 Å². The molecule has 0 fully saturated rings. The van der Waals surface area contributed by atoms with Crippen LogP contribution in [0.25, 0.3) is 0 Å². The molecular weight excluding hydrogens is 382 g/mol. The van der Waals surface area contributed by atoms with Gasteiger partial charge in [-0.25, -0.2) is 8.42 Å². The molecule has 0 aliphatic heterocycles. The Hall–Kier alpha value is -2.29. The number of nitrogens with zero attached hydrogens (tertiary/aromatic N) is 1. The normalized spacial score (nSPS) is 11.4. The van der Waals surface area contributed by atoms with Gasteiger partial charge in [-0.3, -0.25) is 0 Å². The summed E-state index contributed by atoms with van der Waals surface area (Å²) < 4.78 is 48.0. The van der Waals surface area contributed by atoms with Gasteiger partial charge in [0.15, 0.2) is 0 Å². The lowest BCUT2D eigenvalue weighted by atomic mass is 10.3. The van der Waals surface area contributed by atoms with E-state index in [-0.39, 0.29) is 18.0 Å². The zero-order chi connectivity index (χ0) is 20.4. The Kier molecular flexibility index (Phi) is 8.56. The third kappa shape index (κ3) is 6.40. The molecule has 0 aliphatic rings. The molecule has 2 aromatic carbocycles. The van der Waals surface area contributed by atoms with E-state index in [2.05, 4.69) is 0 Å². The number of hydrogen-bond donors (Lipinski definition) is 0. The average molecular weight is 410 g/mol. The number of methoxy groups -OCH3 is 1. The Labute approximate surface area is 166 Å². The summed E-state index contributed by atoms with van der Waals surface area (Å²) in [6.45, 7) is 3.92. The standard InChI is InChI=1S/C20H27NO6S/c1-4-25-15-16-27-19-9-11-20(12-10-19)28(22,23)21(2)13-14-26-18-7-5-17(24-3)6-8-18/h5-12H,4,13-16H2,1-3H3. The Morgan fingerprint density at radius 2 is 1.36 bits per heavy atom. The van der Waals surface area contributed by atoms with E-state index >= 15 is 0 Å². The molecule has 0 aliphatic carbocycles. The van der Waals surface area contributed by atoms with E-state index in [0.717, 1.165) is 5.75 Å². The van der Waals surface area contributed by atoms with Gasteiger partial charge in [0.05, 0.1) is 18.6 Å². The van der Waals surface area contributed by atoms with Crippen molar-refractivity contribution in [2.45, 2.75) is 11.8 Å². The summed E-state index contributed by atoms with van der Waals surface area (Å²) in [5.74, 6) is 1.99. The van der Waals surface area contributed by atoms with Crippen LogP contribution in [0.2, 0.25) is 0 Å². The van der Waals surface area contributed by atoms with Crippen LogP contribution in [0.3, 0.4) is 0 Å². The summed E-state index contributed by atoms with van der Waals surface area (Å²) >= 11 is 0. The van der Waals surface area contributed by atoms with Gasteiger partial charge in [0.1, 0.15) is 30.5 Å². The number of sulfonamides is 1. The van der Waals surface area contributed by atoms with E-state index in [4.69, 9.17) is 18.9 Å². The van der Waals surface area contributed by atoms with Gasteiger partial charge in [0.25, 0.3) is 0 Å². The highest BCUT2D eigenvalue weighted by atomic mass is 32.2. The molecule has 8 heteroatoms. The fraction of sp³-hybridized carbons (Fsp3) is 0.400. The van der Waals surface area contributed by atoms with Gasteiger partial charge in [0, 0.05) is 20.2 Å². The van der Waals surface area contributed by atoms with Crippen LogP contribution < -0.4 is 14.2 Å².